The van der Waals surface area contributed by atoms with Crippen LogP contribution in [0.1, 0.15) is 59.8 Å². The van der Waals surface area contributed by atoms with Crippen molar-refractivity contribution < 1.29 is 9.90 Å². The van der Waals surface area contributed by atoms with Gasteiger partial charge in [0, 0.05) is 44.7 Å². The van der Waals surface area contributed by atoms with Crippen LogP contribution < -0.4 is 10.6 Å². The third-order valence-corrected chi connectivity index (χ3v) is 4.73. The number of aliphatic imine (C=N–C) groups is 1. The molecule has 26 heavy (non-hydrogen) atoms. The van der Waals surface area contributed by atoms with Crippen LogP contribution >= 0.6 is 24.0 Å². The van der Waals surface area contributed by atoms with Gasteiger partial charge in [0.25, 0.3) is 0 Å². The third-order valence-electron chi connectivity index (χ3n) is 4.73. The van der Waals surface area contributed by atoms with Gasteiger partial charge in [-0.05, 0) is 38.5 Å². The van der Waals surface area contributed by atoms with E-state index in [1.807, 2.05) is 18.7 Å². The first kappa shape index (κ1) is 25.4. The van der Waals surface area contributed by atoms with Crippen molar-refractivity contribution in [1.29, 1.82) is 0 Å². The van der Waals surface area contributed by atoms with E-state index < -0.39 is 0 Å². The highest BCUT2D eigenvalue weighted by Crippen LogP contribution is 2.14. The van der Waals surface area contributed by atoms with Crippen LogP contribution in [-0.4, -0.2) is 60.7 Å². The first-order chi connectivity index (χ1) is 12.0. The number of aliphatic hydroxyl groups excluding tert-OH is 1. The van der Waals surface area contributed by atoms with Gasteiger partial charge >= 0.3 is 0 Å². The SMILES string of the molecule is CCCC(CCO)CN=C(NCC)NC1CCN(C(=O)C(C)C)CC1.I. The van der Waals surface area contributed by atoms with Crippen LogP contribution in [0.3, 0.4) is 0 Å². The molecule has 3 N–H and O–H groups in total. The van der Waals surface area contributed by atoms with E-state index in [2.05, 4.69) is 24.5 Å². The number of carbonyl (C=O) groups excluding carboxylic acids is 1. The summed E-state index contributed by atoms with van der Waals surface area (Å²) in [6, 6.07) is 0.358. The van der Waals surface area contributed by atoms with Crippen LogP contribution in [0.2, 0.25) is 0 Å². The summed E-state index contributed by atoms with van der Waals surface area (Å²) in [5.74, 6) is 1.63. The molecule has 7 heteroatoms. The lowest BCUT2D eigenvalue weighted by atomic mass is 10.0. The molecule has 1 atom stereocenters. The summed E-state index contributed by atoms with van der Waals surface area (Å²) in [4.78, 5) is 18.8. The number of amides is 1. The van der Waals surface area contributed by atoms with Crippen LogP contribution in [0, 0.1) is 11.8 Å². The number of aliphatic hydroxyl groups is 1. The highest BCUT2D eigenvalue weighted by Gasteiger charge is 2.24. The fourth-order valence-electron chi connectivity index (χ4n) is 3.26. The first-order valence-corrected chi connectivity index (χ1v) is 9.96. The molecule has 0 aromatic rings. The zero-order valence-corrected chi connectivity index (χ0v) is 19.3. The Balaban J connectivity index is 0.00000625. The minimum atomic E-state index is 0. The Kier molecular flexibility index (Phi) is 14.2. The van der Waals surface area contributed by atoms with Crippen LogP contribution in [-0.2, 0) is 4.79 Å². The van der Waals surface area contributed by atoms with E-state index in [0.29, 0.717) is 12.0 Å². The maximum Gasteiger partial charge on any atom is 0.225 e. The lowest BCUT2D eigenvalue weighted by Gasteiger charge is -2.34. The van der Waals surface area contributed by atoms with Gasteiger partial charge in [-0.15, -0.1) is 24.0 Å². The lowest BCUT2D eigenvalue weighted by molar-refractivity contribution is -0.135. The van der Waals surface area contributed by atoms with Crippen LogP contribution in [0.15, 0.2) is 4.99 Å². The minimum Gasteiger partial charge on any atom is -0.396 e. The molecule has 154 valence electrons. The fraction of sp³-hybridized carbons (Fsp3) is 0.895. The van der Waals surface area contributed by atoms with Gasteiger partial charge in [0.2, 0.25) is 5.91 Å². The molecule has 1 heterocycles. The van der Waals surface area contributed by atoms with Crippen molar-refractivity contribution in [3.8, 4) is 0 Å². The molecular formula is C19H39IN4O2. The highest BCUT2D eigenvalue weighted by atomic mass is 127. The molecule has 1 unspecified atom stereocenters. The van der Waals surface area contributed by atoms with E-state index in [1.165, 1.54) is 0 Å². The Labute approximate surface area is 176 Å². The van der Waals surface area contributed by atoms with Gasteiger partial charge in [-0.2, -0.15) is 0 Å². The monoisotopic (exact) mass is 482 g/mol. The van der Waals surface area contributed by atoms with Gasteiger partial charge in [0.05, 0.1) is 0 Å². The van der Waals surface area contributed by atoms with Crippen molar-refractivity contribution >= 4 is 35.8 Å². The van der Waals surface area contributed by atoms with E-state index >= 15 is 0 Å². The molecular weight excluding hydrogens is 443 g/mol. The summed E-state index contributed by atoms with van der Waals surface area (Å²) in [7, 11) is 0. The molecule has 0 bridgehead atoms. The van der Waals surface area contributed by atoms with E-state index in [9.17, 15) is 9.90 Å². The molecule has 0 aliphatic carbocycles. The smallest absolute Gasteiger partial charge is 0.225 e. The zero-order valence-electron chi connectivity index (χ0n) is 17.0. The maximum atomic E-state index is 12.1. The Morgan fingerprint density at radius 2 is 1.88 bits per heavy atom. The summed E-state index contributed by atoms with van der Waals surface area (Å²) in [6.07, 6.45) is 4.94. The first-order valence-electron chi connectivity index (χ1n) is 9.96. The van der Waals surface area contributed by atoms with E-state index in [-0.39, 0.29) is 42.4 Å². The molecule has 1 aliphatic rings. The van der Waals surface area contributed by atoms with E-state index in [1.54, 1.807) is 0 Å². The second-order valence-corrected chi connectivity index (χ2v) is 7.29. The van der Waals surface area contributed by atoms with Gasteiger partial charge in [0.15, 0.2) is 5.96 Å². The maximum absolute atomic E-state index is 12.1. The Morgan fingerprint density at radius 1 is 1.23 bits per heavy atom. The largest absolute Gasteiger partial charge is 0.396 e. The molecule has 0 spiro atoms. The molecule has 0 saturated carbocycles. The van der Waals surface area contributed by atoms with Gasteiger partial charge in [0.1, 0.15) is 0 Å². The van der Waals surface area contributed by atoms with Crippen molar-refractivity contribution in [2.45, 2.75) is 65.8 Å². The normalized spacial score (nSPS) is 17.0. The van der Waals surface area contributed by atoms with E-state index in [4.69, 9.17) is 4.99 Å². The molecule has 1 amide bonds. The number of halogens is 1. The van der Waals surface area contributed by atoms with Gasteiger partial charge in [-0.25, -0.2) is 0 Å². The lowest BCUT2D eigenvalue weighted by Crippen LogP contribution is -2.50. The highest BCUT2D eigenvalue weighted by molar-refractivity contribution is 14.0. The predicted octanol–water partition coefficient (Wildman–Crippen LogP) is 2.61. The summed E-state index contributed by atoms with van der Waals surface area (Å²) in [5.41, 5.74) is 0. The standard InChI is InChI=1S/C19H38N4O2.HI/c1-5-7-16(10-13-24)14-21-19(20-6-2)22-17-8-11-23(12-9-17)18(25)15(3)4;/h15-17,24H,5-14H2,1-4H3,(H2,20,21,22);1H. The summed E-state index contributed by atoms with van der Waals surface area (Å²) in [6.45, 7) is 11.6. The molecule has 0 aromatic heterocycles. The molecule has 1 aliphatic heterocycles. The van der Waals surface area contributed by atoms with Crippen molar-refractivity contribution in [2.75, 3.05) is 32.8 Å². The van der Waals surface area contributed by atoms with Crippen LogP contribution in [0.5, 0.6) is 0 Å². The molecule has 0 aromatic carbocycles. The van der Waals surface area contributed by atoms with Gasteiger partial charge < -0.3 is 20.6 Å². The number of nitrogens with zero attached hydrogens (tertiary/aromatic N) is 2. The number of hydrogen-bond donors (Lipinski definition) is 3. The summed E-state index contributed by atoms with van der Waals surface area (Å²) in [5, 5.41) is 16.0. The summed E-state index contributed by atoms with van der Waals surface area (Å²) < 4.78 is 0. The van der Waals surface area contributed by atoms with Crippen molar-refractivity contribution in [3.63, 3.8) is 0 Å². The van der Waals surface area contributed by atoms with Gasteiger partial charge in [-0.3, -0.25) is 9.79 Å². The fourth-order valence-corrected chi connectivity index (χ4v) is 3.26. The number of nitrogens with one attached hydrogen (secondary N) is 2. The second-order valence-electron chi connectivity index (χ2n) is 7.29. The van der Waals surface area contributed by atoms with Gasteiger partial charge in [-0.1, -0.05) is 27.2 Å². The molecule has 1 fully saturated rings. The number of rotatable bonds is 9. The quantitative estimate of drug-likeness (QED) is 0.268. The van der Waals surface area contributed by atoms with E-state index in [0.717, 1.165) is 64.2 Å². The Morgan fingerprint density at radius 3 is 2.38 bits per heavy atom. The molecule has 0 radical (unpaired) electrons. The average Bonchev–Trinajstić information content (AvgIpc) is 2.60. The Bertz CT molecular complexity index is 404. The van der Waals surface area contributed by atoms with Crippen molar-refractivity contribution in [2.24, 2.45) is 16.8 Å². The predicted molar refractivity (Wildman–Crippen MR) is 119 cm³/mol. The average molecular weight is 482 g/mol. The number of hydrogen-bond acceptors (Lipinski definition) is 3. The number of likely N-dealkylation sites (tertiary alicyclic amines) is 1. The number of guanidine groups is 1. The minimum absolute atomic E-state index is 0. The Hall–Kier alpha value is -0.570. The molecule has 1 rings (SSSR count). The van der Waals surface area contributed by atoms with Crippen molar-refractivity contribution in [1.82, 2.24) is 15.5 Å². The van der Waals surface area contributed by atoms with Crippen LogP contribution in [0.25, 0.3) is 0 Å². The van der Waals surface area contributed by atoms with Crippen LogP contribution in [0.4, 0.5) is 0 Å². The topological polar surface area (TPSA) is 77.0 Å². The van der Waals surface area contributed by atoms with Crippen molar-refractivity contribution in [3.05, 3.63) is 0 Å². The zero-order chi connectivity index (χ0) is 18.7. The summed E-state index contributed by atoms with van der Waals surface area (Å²) >= 11 is 0. The number of piperidine rings is 1. The number of carbonyl (C=O) groups is 1. The molecule has 6 nitrogen and oxygen atoms in total. The third kappa shape index (κ3) is 9.39. The second kappa shape index (κ2) is 14.5. The molecule has 1 saturated heterocycles.